The number of halogens is 1. The summed E-state index contributed by atoms with van der Waals surface area (Å²) in [5.41, 5.74) is 2.38. The van der Waals surface area contributed by atoms with Gasteiger partial charge in [0.2, 0.25) is 0 Å². The summed E-state index contributed by atoms with van der Waals surface area (Å²) in [6.45, 7) is -0.380. The molecule has 2 rings (SSSR count). The molecule has 0 fully saturated rings. The van der Waals surface area contributed by atoms with Crippen molar-refractivity contribution < 1.29 is 23.8 Å². The summed E-state index contributed by atoms with van der Waals surface area (Å²) in [5.74, 6) is -1.83. The van der Waals surface area contributed by atoms with Crippen molar-refractivity contribution in [3.63, 3.8) is 0 Å². The number of phenols is 1. The van der Waals surface area contributed by atoms with Crippen LogP contribution < -0.4 is 15.5 Å². The fraction of sp³-hybridized carbons (Fsp3) is 0.118. The maximum atomic E-state index is 13.4. The third kappa shape index (κ3) is 4.77. The van der Waals surface area contributed by atoms with E-state index in [0.29, 0.717) is 5.56 Å². The highest BCUT2D eigenvalue weighted by molar-refractivity contribution is 5.96. The topological polar surface area (TPSA) is 100 Å². The second-order valence-electron chi connectivity index (χ2n) is 4.85. The molecule has 3 N–H and O–H groups in total. The number of para-hydroxylation sites is 1. The number of ether oxygens (including phenoxy) is 1. The maximum absolute atomic E-state index is 13.4. The third-order valence-corrected chi connectivity index (χ3v) is 3.17. The second kappa shape index (κ2) is 8.44. The zero-order valence-corrected chi connectivity index (χ0v) is 13.3. The molecule has 2 amide bonds. The highest BCUT2D eigenvalue weighted by Crippen LogP contribution is 2.27. The van der Waals surface area contributed by atoms with Gasteiger partial charge in [-0.1, -0.05) is 18.2 Å². The standard InChI is InChI=1S/C17H16FN3O4/c1-25-14-8-4-5-11(16(14)23)9-20-21-15(22)10-19-17(24)12-6-2-3-7-13(12)18/h2-9,23H,10H2,1H3,(H,19,24)(H,21,22)/b20-9+. The smallest absolute Gasteiger partial charge is 0.259 e. The Labute approximate surface area is 143 Å². The van der Waals surface area contributed by atoms with E-state index >= 15 is 0 Å². The average molecular weight is 345 g/mol. The Kier molecular flexibility index (Phi) is 6.05. The van der Waals surface area contributed by atoms with Crippen molar-refractivity contribution in [1.29, 1.82) is 0 Å². The lowest BCUT2D eigenvalue weighted by Crippen LogP contribution is -2.35. The monoisotopic (exact) mass is 345 g/mol. The van der Waals surface area contributed by atoms with Crippen LogP contribution in [0.5, 0.6) is 11.5 Å². The van der Waals surface area contributed by atoms with Crippen molar-refractivity contribution >= 4 is 18.0 Å². The first-order valence-electron chi connectivity index (χ1n) is 7.23. The van der Waals surface area contributed by atoms with Crippen molar-refractivity contribution in [2.24, 2.45) is 5.10 Å². The van der Waals surface area contributed by atoms with Gasteiger partial charge in [-0.2, -0.15) is 5.10 Å². The van der Waals surface area contributed by atoms with Crippen molar-refractivity contribution in [2.45, 2.75) is 0 Å². The number of nitrogens with one attached hydrogen (secondary N) is 2. The minimum Gasteiger partial charge on any atom is -0.504 e. The van der Waals surface area contributed by atoms with E-state index in [2.05, 4.69) is 15.8 Å². The van der Waals surface area contributed by atoms with Crippen molar-refractivity contribution in [1.82, 2.24) is 10.7 Å². The number of phenolic OH excluding ortho intramolecular Hbond substituents is 1. The molecule has 0 radical (unpaired) electrons. The van der Waals surface area contributed by atoms with Gasteiger partial charge in [0, 0.05) is 5.56 Å². The number of nitrogens with zero attached hydrogens (tertiary/aromatic N) is 1. The molecule has 0 bridgehead atoms. The normalized spacial score (nSPS) is 10.5. The molecule has 0 spiro atoms. The fourth-order valence-electron chi connectivity index (χ4n) is 1.92. The number of carbonyl (C=O) groups is 2. The van der Waals surface area contributed by atoms with Gasteiger partial charge < -0.3 is 15.2 Å². The van der Waals surface area contributed by atoms with E-state index in [0.717, 1.165) is 6.07 Å². The van der Waals surface area contributed by atoms with Crippen LogP contribution in [0.2, 0.25) is 0 Å². The molecule has 0 saturated heterocycles. The summed E-state index contributed by atoms with van der Waals surface area (Å²) in [7, 11) is 1.41. The van der Waals surface area contributed by atoms with E-state index in [1.165, 1.54) is 31.5 Å². The van der Waals surface area contributed by atoms with E-state index in [1.54, 1.807) is 18.2 Å². The number of hydrazone groups is 1. The lowest BCUT2D eigenvalue weighted by molar-refractivity contribution is -0.120. The number of hydrogen-bond donors (Lipinski definition) is 3. The molecule has 0 aliphatic rings. The van der Waals surface area contributed by atoms with Crippen LogP contribution in [0.4, 0.5) is 4.39 Å². The molecule has 130 valence electrons. The van der Waals surface area contributed by atoms with Gasteiger partial charge in [-0.25, -0.2) is 9.82 Å². The first kappa shape index (κ1) is 17.9. The molecule has 0 unspecified atom stereocenters. The van der Waals surface area contributed by atoms with Gasteiger partial charge in [0.05, 0.1) is 25.4 Å². The van der Waals surface area contributed by atoms with Crippen LogP contribution in [0.3, 0.4) is 0 Å². The van der Waals surface area contributed by atoms with E-state index in [4.69, 9.17) is 4.74 Å². The zero-order chi connectivity index (χ0) is 18.2. The number of aromatic hydroxyl groups is 1. The number of rotatable bonds is 6. The van der Waals surface area contributed by atoms with E-state index in [9.17, 15) is 19.1 Å². The van der Waals surface area contributed by atoms with Crippen LogP contribution in [-0.4, -0.2) is 36.8 Å². The molecule has 0 aromatic heterocycles. The van der Waals surface area contributed by atoms with Gasteiger partial charge in [-0.15, -0.1) is 0 Å². The molecule has 25 heavy (non-hydrogen) atoms. The minimum atomic E-state index is -0.706. The number of benzene rings is 2. The Hall–Kier alpha value is -3.42. The van der Waals surface area contributed by atoms with Gasteiger partial charge in [0.25, 0.3) is 11.8 Å². The average Bonchev–Trinajstić information content (AvgIpc) is 2.61. The summed E-state index contributed by atoms with van der Waals surface area (Å²) in [5, 5.41) is 15.8. The first-order valence-corrected chi connectivity index (χ1v) is 7.23. The molecule has 8 heteroatoms. The van der Waals surface area contributed by atoms with E-state index in [-0.39, 0.29) is 23.6 Å². The van der Waals surface area contributed by atoms with Crippen LogP contribution in [0.1, 0.15) is 15.9 Å². The lowest BCUT2D eigenvalue weighted by Gasteiger charge is -2.06. The Morgan fingerprint density at radius 3 is 2.72 bits per heavy atom. The van der Waals surface area contributed by atoms with Crippen molar-refractivity contribution in [3.8, 4) is 11.5 Å². The first-order chi connectivity index (χ1) is 12.0. The number of amides is 2. The SMILES string of the molecule is COc1cccc(/C=N/NC(=O)CNC(=O)c2ccccc2F)c1O. The van der Waals surface area contributed by atoms with Crippen molar-refractivity contribution in [2.75, 3.05) is 13.7 Å². The number of methoxy groups -OCH3 is 1. The van der Waals surface area contributed by atoms with Gasteiger partial charge in [0.15, 0.2) is 11.5 Å². The summed E-state index contributed by atoms with van der Waals surface area (Å²) < 4.78 is 18.4. The second-order valence-corrected chi connectivity index (χ2v) is 4.85. The van der Waals surface area contributed by atoms with Crippen molar-refractivity contribution in [3.05, 3.63) is 59.4 Å². The molecule has 0 heterocycles. The Balaban J connectivity index is 1.87. The fourth-order valence-corrected chi connectivity index (χ4v) is 1.92. The summed E-state index contributed by atoms with van der Waals surface area (Å²) in [4.78, 5) is 23.4. The third-order valence-electron chi connectivity index (χ3n) is 3.17. The van der Waals surface area contributed by atoms with E-state index in [1.807, 2.05) is 0 Å². The number of hydrogen-bond acceptors (Lipinski definition) is 5. The van der Waals surface area contributed by atoms with Crippen LogP contribution in [0.15, 0.2) is 47.6 Å². The molecule has 7 nitrogen and oxygen atoms in total. The summed E-state index contributed by atoms with van der Waals surface area (Å²) in [6.07, 6.45) is 1.23. The van der Waals surface area contributed by atoms with Gasteiger partial charge in [0.1, 0.15) is 5.82 Å². The highest BCUT2D eigenvalue weighted by Gasteiger charge is 2.11. The van der Waals surface area contributed by atoms with Crippen LogP contribution in [-0.2, 0) is 4.79 Å². The van der Waals surface area contributed by atoms with Crippen LogP contribution in [0, 0.1) is 5.82 Å². The molecule has 0 saturated carbocycles. The molecule has 0 aliphatic carbocycles. The van der Waals surface area contributed by atoms with Gasteiger partial charge in [-0.3, -0.25) is 9.59 Å². The molecule has 2 aromatic carbocycles. The molecule has 0 atom stereocenters. The Bertz CT molecular complexity index is 808. The van der Waals surface area contributed by atoms with Crippen LogP contribution >= 0.6 is 0 Å². The minimum absolute atomic E-state index is 0.115. The summed E-state index contributed by atoms with van der Waals surface area (Å²) in [6, 6.07) is 10.2. The lowest BCUT2D eigenvalue weighted by atomic mass is 10.2. The van der Waals surface area contributed by atoms with Gasteiger partial charge >= 0.3 is 0 Å². The summed E-state index contributed by atoms with van der Waals surface area (Å²) >= 11 is 0. The van der Waals surface area contributed by atoms with Gasteiger partial charge in [-0.05, 0) is 24.3 Å². The maximum Gasteiger partial charge on any atom is 0.259 e. The Morgan fingerprint density at radius 2 is 2.00 bits per heavy atom. The quantitative estimate of drug-likeness (QED) is 0.544. The van der Waals surface area contributed by atoms with E-state index < -0.39 is 17.6 Å². The molecule has 2 aromatic rings. The van der Waals surface area contributed by atoms with Crippen LogP contribution in [0.25, 0.3) is 0 Å². The molecular weight excluding hydrogens is 329 g/mol. The molecule has 0 aliphatic heterocycles. The largest absolute Gasteiger partial charge is 0.504 e. The highest BCUT2D eigenvalue weighted by atomic mass is 19.1. The Morgan fingerprint density at radius 1 is 1.24 bits per heavy atom. The number of carbonyl (C=O) groups excluding carboxylic acids is 2. The predicted octanol–water partition coefficient (Wildman–Crippen LogP) is 1.42. The predicted molar refractivity (Wildman–Crippen MR) is 89.1 cm³/mol. The zero-order valence-electron chi connectivity index (χ0n) is 13.3. The molecular formula is C17H16FN3O4.